The minimum absolute atomic E-state index is 0.0713. The van der Waals surface area contributed by atoms with Gasteiger partial charge < -0.3 is 24.8 Å². The number of morpholine rings is 1. The van der Waals surface area contributed by atoms with Crippen LogP contribution in [0.3, 0.4) is 0 Å². The van der Waals surface area contributed by atoms with E-state index in [0.29, 0.717) is 24.2 Å². The number of ether oxygens (including phenoxy) is 1. The van der Waals surface area contributed by atoms with Crippen LogP contribution in [0.1, 0.15) is 23.2 Å². The Morgan fingerprint density at radius 1 is 1.03 bits per heavy atom. The predicted molar refractivity (Wildman–Crippen MR) is 123 cm³/mol. The quantitative estimate of drug-likeness (QED) is 0.752. The Hall–Kier alpha value is -3.39. The largest absolute Gasteiger partial charge is 0.378 e. The number of benzene rings is 2. The highest BCUT2D eigenvalue weighted by atomic mass is 16.5. The molecule has 2 aliphatic heterocycles. The second-order valence-electron chi connectivity index (χ2n) is 8.05. The van der Waals surface area contributed by atoms with Gasteiger partial charge in [-0.25, -0.2) is 0 Å². The molecule has 4 rings (SSSR count). The molecule has 0 saturated carbocycles. The van der Waals surface area contributed by atoms with Crippen LogP contribution in [0.4, 0.5) is 17.1 Å². The van der Waals surface area contributed by atoms with Crippen molar-refractivity contribution < 1.29 is 19.1 Å². The van der Waals surface area contributed by atoms with Crippen molar-refractivity contribution in [3.05, 3.63) is 54.1 Å². The number of nitrogens with one attached hydrogen (secondary N) is 1. The van der Waals surface area contributed by atoms with Crippen LogP contribution in [0.15, 0.2) is 48.5 Å². The molecule has 0 bridgehead atoms. The molecule has 32 heavy (non-hydrogen) atoms. The lowest BCUT2D eigenvalue weighted by molar-refractivity contribution is -0.117. The van der Waals surface area contributed by atoms with Crippen LogP contribution in [-0.4, -0.2) is 69.1 Å². The minimum atomic E-state index is -0.272. The molecule has 0 aliphatic carbocycles. The van der Waals surface area contributed by atoms with Gasteiger partial charge >= 0.3 is 0 Å². The molecule has 2 aromatic carbocycles. The highest BCUT2D eigenvalue weighted by Crippen LogP contribution is 2.23. The van der Waals surface area contributed by atoms with Crippen molar-refractivity contribution in [3.8, 4) is 0 Å². The Balaban J connectivity index is 1.33. The molecule has 2 saturated heterocycles. The first-order chi connectivity index (χ1) is 15.5. The summed E-state index contributed by atoms with van der Waals surface area (Å²) in [6, 6.07) is 14.7. The number of amides is 3. The summed E-state index contributed by atoms with van der Waals surface area (Å²) in [6.07, 6.45) is 1.36. The molecule has 2 aromatic rings. The molecule has 3 amide bonds. The van der Waals surface area contributed by atoms with Gasteiger partial charge in [0.2, 0.25) is 11.8 Å². The maximum Gasteiger partial charge on any atom is 0.254 e. The van der Waals surface area contributed by atoms with Crippen LogP contribution in [0.25, 0.3) is 0 Å². The topological polar surface area (TPSA) is 82.2 Å². The average Bonchev–Trinajstić information content (AvgIpc) is 3.25. The van der Waals surface area contributed by atoms with Gasteiger partial charge in [0, 0.05) is 55.7 Å². The van der Waals surface area contributed by atoms with Crippen LogP contribution >= 0.6 is 0 Å². The number of nitrogens with zero attached hydrogens (tertiary/aromatic N) is 3. The molecule has 8 nitrogen and oxygen atoms in total. The minimum Gasteiger partial charge on any atom is -0.378 e. The first kappa shape index (κ1) is 21.8. The SMILES string of the molecule is CN(CC(=O)Nc1ccc(N2CCOCC2)cc1)C(=O)c1cccc(N2CCCC2=O)c1. The maximum atomic E-state index is 12.8. The molecule has 0 radical (unpaired) electrons. The fraction of sp³-hybridized carbons (Fsp3) is 0.375. The summed E-state index contributed by atoms with van der Waals surface area (Å²) < 4.78 is 5.37. The Morgan fingerprint density at radius 2 is 1.78 bits per heavy atom. The van der Waals surface area contributed by atoms with Crippen LogP contribution in [-0.2, 0) is 14.3 Å². The van der Waals surface area contributed by atoms with Crippen LogP contribution < -0.4 is 15.1 Å². The van der Waals surface area contributed by atoms with Crippen molar-refractivity contribution >= 4 is 34.8 Å². The van der Waals surface area contributed by atoms with E-state index < -0.39 is 0 Å². The number of likely N-dealkylation sites (N-methyl/N-ethyl adjacent to an activating group) is 1. The molecular formula is C24H28N4O4. The second-order valence-corrected chi connectivity index (χ2v) is 8.05. The van der Waals surface area contributed by atoms with Gasteiger partial charge in [-0.1, -0.05) is 6.07 Å². The molecule has 1 N–H and O–H groups in total. The van der Waals surface area contributed by atoms with Gasteiger partial charge in [-0.15, -0.1) is 0 Å². The Labute approximate surface area is 187 Å². The third-order valence-corrected chi connectivity index (χ3v) is 5.73. The molecule has 0 atom stereocenters. The molecular weight excluding hydrogens is 408 g/mol. The van der Waals surface area contributed by atoms with Crippen molar-refractivity contribution in [1.29, 1.82) is 0 Å². The third-order valence-electron chi connectivity index (χ3n) is 5.73. The van der Waals surface area contributed by atoms with Crippen LogP contribution in [0.5, 0.6) is 0 Å². The lowest BCUT2D eigenvalue weighted by Crippen LogP contribution is -2.36. The van der Waals surface area contributed by atoms with Crippen molar-refractivity contribution in [2.75, 3.05) is 61.6 Å². The molecule has 2 heterocycles. The van der Waals surface area contributed by atoms with E-state index in [0.717, 1.165) is 44.1 Å². The van der Waals surface area contributed by atoms with E-state index in [1.165, 1.54) is 4.90 Å². The zero-order valence-corrected chi connectivity index (χ0v) is 18.3. The van der Waals surface area contributed by atoms with E-state index in [2.05, 4.69) is 10.2 Å². The predicted octanol–water partition coefficient (Wildman–Crippen LogP) is 2.36. The van der Waals surface area contributed by atoms with Gasteiger partial charge in [0.25, 0.3) is 5.91 Å². The van der Waals surface area contributed by atoms with E-state index >= 15 is 0 Å². The van der Waals surface area contributed by atoms with E-state index in [1.54, 1.807) is 30.1 Å². The standard InChI is InChI=1S/C24H28N4O4/c1-26(24(31)18-4-2-5-21(16-18)28-11-3-6-23(28)30)17-22(29)25-19-7-9-20(10-8-19)27-12-14-32-15-13-27/h2,4-5,7-10,16H,3,6,11-15,17H2,1H3,(H,25,29). The molecule has 0 spiro atoms. The summed E-state index contributed by atoms with van der Waals surface area (Å²) in [5.74, 6) is -0.468. The number of anilines is 3. The Bertz CT molecular complexity index is 986. The molecule has 168 valence electrons. The monoisotopic (exact) mass is 436 g/mol. The highest BCUT2D eigenvalue weighted by molar-refractivity contribution is 6.01. The average molecular weight is 437 g/mol. The smallest absolute Gasteiger partial charge is 0.254 e. The molecule has 8 heteroatoms. The van der Waals surface area contributed by atoms with E-state index in [-0.39, 0.29) is 24.3 Å². The van der Waals surface area contributed by atoms with E-state index in [4.69, 9.17) is 4.74 Å². The second kappa shape index (κ2) is 9.82. The summed E-state index contributed by atoms with van der Waals surface area (Å²) >= 11 is 0. The van der Waals surface area contributed by atoms with Gasteiger partial charge in [-0.3, -0.25) is 14.4 Å². The first-order valence-corrected chi connectivity index (χ1v) is 10.9. The van der Waals surface area contributed by atoms with Crippen molar-refractivity contribution in [2.45, 2.75) is 12.8 Å². The van der Waals surface area contributed by atoms with E-state index in [1.807, 2.05) is 30.3 Å². The summed E-state index contributed by atoms with van der Waals surface area (Å²) in [5, 5.41) is 2.84. The number of rotatable bonds is 6. The van der Waals surface area contributed by atoms with Crippen molar-refractivity contribution in [3.63, 3.8) is 0 Å². The summed E-state index contributed by atoms with van der Waals surface area (Å²) in [4.78, 5) is 42.6. The molecule has 2 fully saturated rings. The normalized spacial score (nSPS) is 16.2. The zero-order chi connectivity index (χ0) is 22.5. The summed E-state index contributed by atoms with van der Waals surface area (Å²) in [5.41, 5.74) is 2.95. The number of hydrogen-bond donors (Lipinski definition) is 1. The maximum absolute atomic E-state index is 12.8. The third kappa shape index (κ3) is 5.08. The van der Waals surface area contributed by atoms with Gasteiger partial charge in [0.15, 0.2) is 0 Å². The lowest BCUT2D eigenvalue weighted by Gasteiger charge is -2.28. The van der Waals surface area contributed by atoms with Gasteiger partial charge in [-0.05, 0) is 48.9 Å². The van der Waals surface area contributed by atoms with Gasteiger partial charge in [0.05, 0.1) is 19.8 Å². The van der Waals surface area contributed by atoms with Crippen molar-refractivity contribution in [1.82, 2.24) is 4.90 Å². The fourth-order valence-electron chi connectivity index (χ4n) is 4.01. The van der Waals surface area contributed by atoms with E-state index in [9.17, 15) is 14.4 Å². The number of hydrogen-bond acceptors (Lipinski definition) is 5. The Morgan fingerprint density at radius 3 is 2.47 bits per heavy atom. The fourth-order valence-corrected chi connectivity index (χ4v) is 4.01. The van der Waals surface area contributed by atoms with Gasteiger partial charge in [0.1, 0.15) is 0 Å². The van der Waals surface area contributed by atoms with Gasteiger partial charge in [-0.2, -0.15) is 0 Å². The molecule has 0 aromatic heterocycles. The Kier molecular flexibility index (Phi) is 6.70. The number of carbonyl (C=O) groups is 3. The summed E-state index contributed by atoms with van der Waals surface area (Å²) in [7, 11) is 1.59. The lowest BCUT2D eigenvalue weighted by atomic mass is 10.1. The first-order valence-electron chi connectivity index (χ1n) is 10.9. The highest BCUT2D eigenvalue weighted by Gasteiger charge is 2.23. The zero-order valence-electron chi connectivity index (χ0n) is 18.3. The van der Waals surface area contributed by atoms with Crippen LogP contribution in [0, 0.1) is 0 Å². The number of carbonyl (C=O) groups excluding carboxylic acids is 3. The van der Waals surface area contributed by atoms with Crippen molar-refractivity contribution in [2.24, 2.45) is 0 Å². The molecule has 0 unspecified atom stereocenters. The van der Waals surface area contributed by atoms with Crippen LogP contribution in [0.2, 0.25) is 0 Å². The summed E-state index contributed by atoms with van der Waals surface area (Å²) in [6.45, 7) is 3.74. The molecule has 2 aliphatic rings.